The van der Waals surface area contributed by atoms with Crippen LogP contribution in [0.2, 0.25) is 0 Å². The van der Waals surface area contributed by atoms with E-state index in [4.69, 9.17) is 0 Å². The van der Waals surface area contributed by atoms with Crippen LogP contribution in [-0.2, 0) is 13.1 Å². The van der Waals surface area contributed by atoms with Crippen LogP contribution in [0.3, 0.4) is 0 Å². The summed E-state index contributed by atoms with van der Waals surface area (Å²) in [6.45, 7) is 11.8. The summed E-state index contributed by atoms with van der Waals surface area (Å²) in [5.74, 6) is 1.50. The number of aliphatic hydroxyl groups excluding tert-OH is 1. The van der Waals surface area contributed by atoms with Gasteiger partial charge in [0.25, 0.3) is 0 Å². The number of halogens is 1. The Morgan fingerprint density at radius 1 is 0.970 bits per heavy atom. The van der Waals surface area contributed by atoms with Crippen molar-refractivity contribution in [2.24, 2.45) is 10.9 Å². The third-order valence-electron chi connectivity index (χ3n) is 7.03. The Balaban J connectivity index is 0.00000385. The van der Waals surface area contributed by atoms with Crippen molar-refractivity contribution in [3.63, 3.8) is 0 Å². The van der Waals surface area contributed by atoms with Gasteiger partial charge in [-0.15, -0.1) is 24.0 Å². The molecule has 188 valence electrons. The number of nitrogens with zero attached hydrogens (tertiary/aromatic N) is 3. The zero-order valence-electron chi connectivity index (χ0n) is 20.9. The van der Waals surface area contributed by atoms with Crippen LogP contribution in [-0.4, -0.2) is 72.8 Å². The molecule has 33 heavy (non-hydrogen) atoms. The first-order valence-corrected chi connectivity index (χ1v) is 12.7. The SMILES string of the molecule is CN=C(NCc1ccc(CN2CCC(O)CC2)cc1)NCC(C(C)C)N1CCCCCC1.I. The van der Waals surface area contributed by atoms with Crippen molar-refractivity contribution >= 4 is 29.9 Å². The second kappa shape index (κ2) is 15.2. The normalized spacial score (nSPS) is 20.2. The molecular formula is C26H46IN5O. The van der Waals surface area contributed by atoms with E-state index in [9.17, 15) is 5.11 Å². The quantitative estimate of drug-likeness (QED) is 0.252. The number of hydrogen-bond acceptors (Lipinski definition) is 4. The van der Waals surface area contributed by atoms with Crippen molar-refractivity contribution in [1.29, 1.82) is 0 Å². The number of hydrogen-bond donors (Lipinski definition) is 3. The lowest BCUT2D eigenvalue weighted by Gasteiger charge is -2.34. The van der Waals surface area contributed by atoms with Crippen molar-refractivity contribution in [3.8, 4) is 0 Å². The van der Waals surface area contributed by atoms with Gasteiger partial charge in [-0.3, -0.25) is 14.8 Å². The topological polar surface area (TPSA) is 63.1 Å². The second-order valence-electron chi connectivity index (χ2n) is 9.89. The Hall–Kier alpha value is -0.900. The summed E-state index contributed by atoms with van der Waals surface area (Å²) in [4.78, 5) is 9.56. The van der Waals surface area contributed by atoms with Gasteiger partial charge in [0.2, 0.25) is 0 Å². The third-order valence-corrected chi connectivity index (χ3v) is 7.03. The molecule has 3 N–H and O–H groups in total. The molecule has 1 aromatic rings. The van der Waals surface area contributed by atoms with Gasteiger partial charge < -0.3 is 15.7 Å². The maximum atomic E-state index is 9.68. The minimum Gasteiger partial charge on any atom is -0.393 e. The summed E-state index contributed by atoms with van der Waals surface area (Å²) < 4.78 is 0. The number of benzene rings is 1. The molecule has 0 radical (unpaired) electrons. The molecule has 0 saturated carbocycles. The van der Waals surface area contributed by atoms with E-state index in [1.165, 1.54) is 49.9 Å². The summed E-state index contributed by atoms with van der Waals surface area (Å²) in [7, 11) is 1.85. The molecule has 1 unspecified atom stereocenters. The molecule has 2 heterocycles. The van der Waals surface area contributed by atoms with E-state index >= 15 is 0 Å². The summed E-state index contributed by atoms with van der Waals surface area (Å²) in [5, 5.41) is 16.7. The number of guanidine groups is 1. The molecule has 0 bridgehead atoms. The lowest BCUT2D eigenvalue weighted by atomic mass is 10.0. The van der Waals surface area contributed by atoms with E-state index in [-0.39, 0.29) is 30.1 Å². The molecule has 0 spiro atoms. The summed E-state index contributed by atoms with van der Waals surface area (Å²) in [6, 6.07) is 9.42. The Bertz CT molecular complexity index is 680. The number of piperidine rings is 1. The lowest BCUT2D eigenvalue weighted by Crippen LogP contribution is -2.49. The predicted octanol–water partition coefficient (Wildman–Crippen LogP) is 3.83. The summed E-state index contributed by atoms with van der Waals surface area (Å²) in [5.41, 5.74) is 2.60. The maximum Gasteiger partial charge on any atom is 0.191 e. The van der Waals surface area contributed by atoms with Gasteiger partial charge in [-0.1, -0.05) is 51.0 Å². The average Bonchev–Trinajstić information content (AvgIpc) is 3.08. The number of nitrogens with one attached hydrogen (secondary N) is 2. The minimum absolute atomic E-state index is 0. The minimum atomic E-state index is -0.108. The molecular weight excluding hydrogens is 525 g/mol. The molecule has 7 heteroatoms. The van der Waals surface area contributed by atoms with Gasteiger partial charge in [0.1, 0.15) is 0 Å². The fraction of sp³-hybridized carbons (Fsp3) is 0.731. The standard InChI is InChI=1S/C26H45N5O.HI/c1-21(2)25(31-14-6-4-5-7-15-31)19-29-26(27-3)28-18-22-8-10-23(11-9-22)20-30-16-12-24(32)13-17-30;/h8-11,21,24-25,32H,4-7,12-20H2,1-3H3,(H2,27,28,29);1H. The van der Waals surface area contributed by atoms with Crippen LogP contribution in [0, 0.1) is 5.92 Å². The van der Waals surface area contributed by atoms with Crippen LogP contribution in [0.1, 0.15) is 63.5 Å². The maximum absolute atomic E-state index is 9.68. The first-order chi connectivity index (χ1) is 15.5. The Morgan fingerprint density at radius 3 is 2.15 bits per heavy atom. The van der Waals surface area contributed by atoms with E-state index in [0.717, 1.165) is 51.5 Å². The lowest BCUT2D eigenvalue weighted by molar-refractivity contribution is 0.0792. The van der Waals surface area contributed by atoms with Crippen LogP contribution in [0.15, 0.2) is 29.3 Å². The van der Waals surface area contributed by atoms with Gasteiger partial charge in [0.05, 0.1) is 6.10 Å². The van der Waals surface area contributed by atoms with Crippen molar-refractivity contribution in [2.45, 2.75) is 77.6 Å². The van der Waals surface area contributed by atoms with Crippen LogP contribution in [0.5, 0.6) is 0 Å². The van der Waals surface area contributed by atoms with E-state index in [0.29, 0.717) is 12.0 Å². The number of aliphatic imine (C=N–C) groups is 1. The number of aliphatic hydroxyl groups is 1. The first kappa shape index (κ1) is 28.3. The highest BCUT2D eigenvalue weighted by atomic mass is 127. The molecule has 3 rings (SSSR count). The van der Waals surface area contributed by atoms with E-state index in [1.807, 2.05) is 7.05 Å². The third kappa shape index (κ3) is 9.70. The van der Waals surface area contributed by atoms with Gasteiger partial charge in [0.15, 0.2) is 5.96 Å². The molecule has 2 aliphatic heterocycles. The highest BCUT2D eigenvalue weighted by Crippen LogP contribution is 2.17. The van der Waals surface area contributed by atoms with Crippen LogP contribution >= 0.6 is 24.0 Å². The molecule has 2 fully saturated rings. The molecule has 2 aliphatic rings. The summed E-state index contributed by atoms with van der Waals surface area (Å²) >= 11 is 0. The van der Waals surface area contributed by atoms with Crippen molar-refractivity contribution < 1.29 is 5.11 Å². The Morgan fingerprint density at radius 2 is 1.58 bits per heavy atom. The van der Waals surface area contributed by atoms with Gasteiger partial charge in [0, 0.05) is 45.8 Å². The molecule has 1 atom stereocenters. The van der Waals surface area contributed by atoms with Crippen LogP contribution in [0.25, 0.3) is 0 Å². The smallest absolute Gasteiger partial charge is 0.191 e. The summed E-state index contributed by atoms with van der Waals surface area (Å²) in [6.07, 6.45) is 7.07. The monoisotopic (exact) mass is 571 g/mol. The molecule has 2 saturated heterocycles. The highest BCUT2D eigenvalue weighted by molar-refractivity contribution is 14.0. The zero-order valence-corrected chi connectivity index (χ0v) is 23.3. The van der Waals surface area contributed by atoms with Gasteiger partial charge in [-0.05, 0) is 55.8 Å². The molecule has 6 nitrogen and oxygen atoms in total. The molecule has 0 amide bonds. The van der Waals surface area contributed by atoms with Gasteiger partial charge in [-0.25, -0.2) is 0 Å². The molecule has 1 aromatic carbocycles. The Kier molecular flexibility index (Phi) is 13.0. The first-order valence-electron chi connectivity index (χ1n) is 12.7. The molecule has 0 aliphatic carbocycles. The van der Waals surface area contributed by atoms with Gasteiger partial charge in [-0.2, -0.15) is 0 Å². The Labute approximate surface area is 218 Å². The van der Waals surface area contributed by atoms with E-state index < -0.39 is 0 Å². The van der Waals surface area contributed by atoms with E-state index in [2.05, 4.69) is 63.5 Å². The van der Waals surface area contributed by atoms with Crippen LogP contribution in [0.4, 0.5) is 0 Å². The highest BCUT2D eigenvalue weighted by Gasteiger charge is 2.23. The predicted molar refractivity (Wildman–Crippen MR) is 149 cm³/mol. The van der Waals surface area contributed by atoms with E-state index in [1.54, 1.807) is 0 Å². The largest absolute Gasteiger partial charge is 0.393 e. The molecule has 0 aromatic heterocycles. The fourth-order valence-electron chi connectivity index (χ4n) is 4.92. The average molecular weight is 572 g/mol. The van der Waals surface area contributed by atoms with Gasteiger partial charge >= 0.3 is 0 Å². The number of rotatable bonds is 8. The van der Waals surface area contributed by atoms with Crippen molar-refractivity contribution in [3.05, 3.63) is 35.4 Å². The second-order valence-corrected chi connectivity index (χ2v) is 9.89. The number of likely N-dealkylation sites (tertiary alicyclic amines) is 2. The van der Waals surface area contributed by atoms with Crippen molar-refractivity contribution in [1.82, 2.24) is 20.4 Å². The van der Waals surface area contributed by atoms with Crippen LogP contribution < -0.4 is 10.6 Å². The fourth-order valence-corrected chi connectivity index (χ4v) is 4.92. The zero-order chi connectivity index (χ0) is 22.8. The van der Waals surface area contributed by atoms with Crippen molar-refractivity contribution in [2.75, 3.05) is 39.8 Å².